The predicted octanol–water partition coefficient (Wildman–Crippen LogP) is 10.8. The van der Waals surface area contributed by atoms with E-state index >= 15 is 0 Å². The van der Waals surface area contributed by atoms with E-state index in [1.807, 2.05) is 31.2 Å². The average molecular weight is 673 g/mol. The van der Waals surface area contributed by atoms with E-state index in [9.17, 15) is 22.0 Å². The van der Waals surface area contributed by atoms with Gasteiger partial charge < -0.3 is 23.7 Å². The number of ether oxygens (including phenoxy) is 5. The van der Waals surface area contributed by atoms with Gasteiger partial charge in [0, 0.05) is 38.0 Å². The van der Waals surface area contributed by atoms with E-state index in [0.29, 0.717) is 24.7 Å². The van der Waals surface area contributed by atoms with E-state index in [2.05, 4.69) is 32.0 Å². The minimum absolute atomic E-state index is 0.118. The second-order valence-electron chi connectivity index (χ2n) is 13.3. The molecular formula is C37H53F5O5. The number of alkyl halides is 5. The van der Waals surface area contributed by atoms with Gasteiger partial charge in [-0.05, 0) is 54.0 Å². The Kier molecular flexibility index (Phi) is 15.1. The van der Waals surface area contributed by atoms with Crippen LogP contribution in [0.5, 0.6) is 17.2 Å². The Labute approximate surface area is 277 Å². The summed E-state index contributed by atoms with van der Waals surface area (Å²) in [6.07, 6.45) is 2.18. The van der Waals surface area contributed by atoms with Crippen molar-refractivity contribution in [3.05, 3.63) is 53.6 Å². The van der Waals surface area contributed by atoms with Crippen LogP contribution in [-0.4, -0.2) is 46.5 Å². The molecule has 0 bridgehead atoms. The zero-order valence-electron chi connectivity index (χ0n) is 28.6. The van der Waals surface area contributed by atoms with Crippen LogP contribution in [0.15, 0.2) is 42.5 Å². The quantitative estimate of drug-likeness (QED) is 0.0750. The fraction of sp³-hybridized carbons (Fsp3) is 0.676. The lowest BCUT2D eigenvalue weighted by Crippen LogP contribution is -2.40. The van der Waals surface area contributed by atoms with Gasteiger partial charge in [0.05, 0.1) is 6.61 Å². The molecule has 0 saturated heterocycles. The maximum absolute atomic E-state index is 13.2. The summed E-state index contributed by atoms with van der Waals surface area (Å²) in [5.41, 5.74) is 2.13. The van der Waals surface area contributed by atoms with Crippen LogP contribution in [0.2, 0.25) is 0 Å². The molecule has 0 aromatic heterocycles. The molecule has 4 atom stereocenters. The summed E-state index contributed by atoms with van der Waals surface area (Å²) in [6.45, 7) is 7.20. The minimum Gasteiger partial charge on any atom is -0.492 e. The molecule has 0 aliphatic carbocycles. The molecule has 1 aliphatic heterocycles. The number of fused-ring (bicyclic) bond motifs is 1. The van der Waals surface area contributed by atoms with E-state index in [1.54, 1.807) is 14.2 Å². The van der Waals surface area contributed by atoms with Gasteiger partial charge in [0.15, 0.2) is 13.6 Å². The molecule has 0 spiro atoms. The first-order valence-corrected chi connectivity index (χ1v) is 16.9. The first kappa shape index (κ1) is 38.9. The second-order valence-corrected chi connectivity index (χ2v) is 13.3. The topological polar surface area (TPSA) is 46.2 Å². The van der Waals surface area contributed by atoms with Crippen LogP contribution in [0.3, 0.4) is 0 Å². The number of benzene rings is 2. The average Bonchev–Trinajstić information content (AvgIpc) is 3.04. The van der Waals surface area contributed by atoms with Crippen molar-refractivity contribution in [2.45, 2.75) is 115 Å². The van der Waals surface area contributed by atoms with Crippen molar-refractivity contribution in [1.29, 1.82) is 0 Å². The van der Waals surface area contributed by atoms with E-state index in [1.165, 1.54) is 11.1 Å². The smallest absolute Gasteiger partial charge is 0.453 e. The Balaban J connectivity index is 1.49. The molecule has 0 fully saturated rings. The number of unbranched alkanes of at least 4 members (excludes halogenated alkanes) is 5. The van der Waals surface area contributed by atoms with Crippen molar-refractivity contribution < 1.29 is 45.6 Å². The van der Waals surface area contributed by atoms with Crippen molar-refractivity contribution in [3.8, 4) is 17.2 Å². The largest absolute Gasteiger partial charge is 0.492 e. The first-order valence-electron chi connectivity index (χ1n) is 16.9. The third-order valence-corrected chi connectivity index (χ3v) is 9.80. The number of halogens is 5. The normalized spacial score (nSPS) is 19.5. The maximum atomic E-state index is 13.2. The lowest BCUT2D eigenvalue weighted by molar-refractivity contribution is -0.284. The summed E-state index contributed by atoms with van der Waals surface area (Å²) in [6, 6.07) is 14.2. The Morgan fingerprint density at radius 2 is 1.32 bits per heavy atom. The molecule has 2 aromatic rings. The molecule has 0 N–H and O–H groups in total. The molecule has 0 amide bonds. The van der Waals surface area contributed by atoms with E-state index < -0.39 is 18.5 Å². The number of hydrogen-bond donors (Lipinski definition) is 0. The summed E-state index contributed by atoms with van der Waals surface area (Å²) in [7, 11) is 3.18. The monoisotopic (exact) mass is 672 g/mol. The fourth-order valence-electron chi connectivity index (χ4n) is 6.51. The summed E-state index contributed by atoms with van der Waals surface area (Å²) in [5.74, 6) is -1.64. The second kappa shape index (κ2) is 18.2. The van der Waals surface area contributed by atoms with Crippen molar-refractivity contribution in [3.63, 3.8) is 0 Å². The highest BCUT2D eigenvalue weighted by Gasteiger charge is 2.56. The summed E-state index contributed by atoms with van der Waals surface area (Å²) in [5, 5.41) is 0. The molecule has 266 valence electrons. The van der Waals surface area contributed by atoms with Crippen LogP contribution in [-0.2, 0) is 14.9 Å². The van der Waals surface area contributed by atoms with Crippen LogP contribution in [0, 0.1) is 11.8 Å². The molecule has 0 saturated carbocycles. The molecular weight excluding hydrogens is 619 g/mol. The molecule has 2 aromatic carbocycles. The molecule has 1 aliphatic rings. The standard InChI is InChI=1S/C37H53F5O5/c1-27(28(2)14-12-22-36(38,39)37(40,41)42)13-10-8-6-7-9-11-15-33-32-21-20-31(47-26-44-5)23-34(32)45-24-35(33,3)29-16-18-30(19-17-29)46-25-43-4/h16-21,23,27-28,33H,6-15,22,24-26H2,1-5H3/t27?,28?,33-,35-/m1/s1. The van der Waals surface area contributed by atoms with Crippen LogP contribution in [0.1, 0.15) is 108 Å². The van der Waals surface area contributed by atoms with E-state index in [-0.39, 0.29) is 37.3 Å². The predicted molar refractivity (Wildman–Crippen MR) is 174 cm³/mol. The van der Waals surface area contributed by atoms with Crippen LogP contribution in [0.25, 0.3) is 0 Å². The van der Waals surface area contributed by atoms with Gasteiger partial charge in [0.1, 0.15) is 17.2 Å². The zero-order chi connectivity index (χ0) is 34.5. The fourth-order valence-corrected chi connectivity index (χ4v) is 6.51. The minimum atomic E-state index is -5.47. The Bertz CT molecular complexity index is 1190. The molecule has 3 rings (SSSR count). The van der Waals surface area contributed by atoms with Crippen LogP contribution in [0.4, 0.5) is 22.0 Å². The first-order chi connectivity index (χ1) is 22.3. The van der Waals surface area contributed by atoms with E-state index in [4.69, 9.17) is 23.7 Å². The van der Waals surface area contributed by atoms with Gasteiger partial charge in [-0.25, -0.2) is 0 Å². The van der Waals surface area contributed by atoms with Gasteiger partial charge in [-0.2, -0.15) is 22.0 Å². The lowest BCUT2D eigenvalue weighted by atomic mass is 9.66. The van der Waals surface area contributed by atoms with Gasteiger partial charge in [-0.15, -0.1) is 0 Å². The third kappa shape index (κ3) is 11.2. The number of methoxy groups -OCH3 is 2. The van der Waals surface area contributed by atoms with Gasteiger partial charge >= 0.3 is 12.1 Å². The Morgan fingerprint density at radius 1 is 0.766 bits per heavy atom. The Morgan fingerprint density at radius 3 is 1.94 bits per heavy atom. The maximum Gasteiger partial charge on any atom is 0.453 e. The molecule has 2 unspecified atom stereocenters. The van der Waals surface area contributed by atoms with Crippen molar-refractivity contribution >= 4 is 0 Å². The summed E-state index contributed by atoms with van der Waals surface area (Å²) >= 11 is 0. The number of hydrogen-bond acceptors (Lipinski definition) is 5. The molecule has 5 nitrogen and oxygen atoms in total. The van der Waals surface area contributed by atoms with Crippen molar-refractivity contribution in [2.24, 2.45) is 11.8 Å². The number of rotatable bonds is 21. The van der Waals surface area contributed by atoms with Crippen LogP contribution >= 0.6 is 0 Å². The molecule has 47 heavy (non-hydrogen) atoms. The zero-order valence-corrected chi connectivity index (χ0v) is 28.6. The highest BCUT2D eigenvalue weighted by atomic mass is 19.4. The van der Waals surface area contributed by atoms with Gasteiger partial charge in [-0.3, -0.25) is 0 Å². The SMILES string of the molecule is COCOc1ccc([C@@]2(C)COc3cc(OCOC)ccc3[C@H]2CCCCCCCCC(C)C(C)CCCC(F)(F)C(F)(F)F)cc1. The van der Waals surface area contributed by atoms with Gasteiger partial charge in [0.25, 0.3) is 0 Å². The summed E-state index contributed by atoms with van der Waals surface area (Å²) < 4.78 is 91.3. The summed E-state index contributed by atoms with van der Waals surface area (Å²) in [4.78, 5) is 0. The van der Waals surface area contributed by atoms with Crippen LogP contribution < -0.4 is 14.2 Å². The Hall–Kier alpha value is -2.59. The van der Waals surface area contributed by atoms with Crippen molar-refractivity contribution in [1.82, 2.24) is 0 Å². The lowest BCUT2D eigenvalue weighted by Gasteiger charge is -2.43. The highest BCUT2D eigenvalue weighted by Crippen LogP contribution is 2.50. The van der Waals surface area contributed by atoms with E-state index in [0.717, 1.165) is 62.9 Å². The molecule has 1 heterocycles. The third-order valence-electron chi connectivity index (χ3n) is 9.80. The van der Waals surface area contributed by atoms with Crippen molar-refractivity contribution in [2.75, 3.05) is 34.4 Å². The molecule has 0 radical (unpaired) electrons. The van der Waals surface area contributed by atoms with Gasteiger partial charge in [-0.1, -0.05) is 90.3 Å². The highest BCUT2D eigenvalue weighted by molar-refractivity contribution is 5.48. The molecule has 10 heteroatoms. The van der Waals surface area contributed by atoms with Gasteiger partial charge in [0.2, 0.25) is 0 Å².